The molecule has 2 N–H and O–H groups in total. The average molecular weight is 280 g/mol. The summed E-state index contributed by atoms with van der Waals surface area (Å²) in [7, 11) is 0. The maximum atomic E-state index is 13.1. The molecule has 0 aromatic rings. The Morgan fingerprint density at radius 2 is 2.20 bits per heavy atom. The van der Waals surface area contributed by atoms with Gasteiger partial charge in [0.1, 0.15) is 0 Å². The minimum absolute atomic E-state index is 0.0562. The largest absolute Gasteiger partial charge is 0.481 e. The van der Waals surface area contributed by atoms with Crippen molar-refractivity contribution in [3.63, 3.8) is 0 Å². The highest BCUT2D eigenvalue weighted by molar-refractivity contribution is 5.86. The number of nitrogens with zero attached hydrogens (tertiary/aromatic N) is 1. The van der Waals surface area contributed by atoms with Crippen molar-refractivity contribution in [2.24, 2.45) is 11.3 Å². The first-order chi connectivity index (χ1) is 9.59. The van der Waals surface area contributed by atoms with Crippen LogP contribution < -0.4 is 5.32 Å². The van der Waals surface area contributed by atoms with Crippen LogP contribution in [0.4, 0.5) is 0 Å². The number of carboxylic acid groups (broad SMARTS) is 1. The van der Waals surface area contributed by atoms with Gasteiger partial charge in [-0.25, -0.2) is 0 Å². The lowest BCUT2D eigenvalue weighted by Crippen LogP contribution is -2.48. The second-order valence-electron chi connectivity index (χ2n) is 6.65. The summed E-state index contributed by atoms with van der Waals surface area (Å²) in [6.07, 6.45) is 5.30. The quantitative estimate of drug-likeness (QED) is 0.812. The van der Waals surface area contributed by atoms with Crippen molar-refractivity contribution in [1.29, 1.82) is 0 Å². The number of rotatable bonds is 4. The summed E-state index contributed by atoms with van der Waals surface area (Å²) >= 11 is 0. The molecule has 0 radical (unpaired) electrons. The molecule has 5 heteroatoms. The van der Waals surface area contributed by atoms with Crippen LogP contribution in [0.3, 0.4) is 0 Å². The van der Waals surface area contributed by atoms with Crippen LogP contribution in [0.5, 0.6) is 0 Å². The van der Waals surface area contributed by atoms with E-state index in [0.29, 0.717) is 6.42 Å². The van der Waals surface area contributed by atoms with Crippen LogP contribution in [0.25, 0.3) is 0 Å². The molecule has 3 fully saturated rings. The van der Waals surface area contributed by atoms with Crippen LogP contribution >= 0.6 is 0 Å². The number of aliphatic carboxylic acids is 1. The van der Waals surface area contributed by atoms with Gasteiger partial charge >= 0.3 is 5.97 Å². The molecular formula is C15H24N2O3. The Kier molecular flexibility index (Phi) is 3.48. The molecule has 112 valence electrons. The van der Waals surface area contributed by atoms with Crippen molar-refractivity contribution in [2.75, 3.05) is 13.1 Å². The van der Waals surface area contributed by atoms with Gasteiger partial charge in [0, 0.05) is 18.6 Å². The SMILES string of the molecule is CCCC1(C(=O)N2C3CCC2C(C(=O)O)C3)CCNC1. The lowest BCUT2D eigenvalue weighted by molar-refractivity contribution is -0.145. The lowest BCUT2D eigenvalue weighted by Gasteiger charge is -2.34. The van der Waals surface area contributed by atoms with E-state index in [0.717, 1.165) is 45.2 Å². The summed E-state index contributed by atoms with van der Waals surface area (Å²) < 4.78 is 0. The second kappa shape index (κ2) is 5.02. The Balaban J connectivity index is 1.82. The minimum Gasteiger partial charge on any atom is -0.481 e. The highest BCUT2D eigenvalue weighted by Crippen LogP contribution is 2.45. The van der Waals surface area contributed by atoms with E-state index in [9.17, 15) is 14.7 Å². The van der Waals surface area contributed by atoms with Crippen molar-refractivity contribution in [3.8, 4) is 0 Å². The van der Waals surface area contributed by atoms with E-state index >= 15 is 0 Å². The van der Waals surface area contributed by atoms with Crippen molar-refractivity contribution in [3.05, 3.63) is 0 Å². The Hall–Kier alpha value is -1.10. The summed E-state index contributed by atoms with van der Waals surface area (Å²) in [6, 6.07) is 0.113. The molecule has 1 amide bonds. The molecule has 0 saturated carbocycles. The fraction of sp³-hybridized carbons (Fsp3) is 0.867. The molecule has 3 rings (SSSR count). The van der Waals surface area contributed by atoms with E-state index in [2.05, 4.69) is 12.2 Å². The number of fused-ring (bicyclic) bond motifs is 2. The van der Waals surface area contributed by atoms with Crippen molar-refractivity contribution in [1.82, 2.24) is 10.2 Å². The number of carboxylic acids is 1. The predicted molar refractivity (Wildman–Crippen MR) is 74.2 cm³/mol. The third kappa shape index (κ3) is 1.94. The van der Waals surface area contributed by atoms with E-state index in [1.54, 1.807) is 0 Å². The van der Waals surface area contributed by atoms with E-state index in [1.165, 1.54) is 0 Å². The fourth-order valence-corrected chi connectivity index (χ4v) is 4.57. The molecule has 2 bridgehead atoms. The van der Waals surface area contributed by atoms with E-state index in [-0.39, 0.29) is 29.3 Å². The number of hydrogen-bond acceptors (Lipinski definition) is 3. The number of carbonyl (C=O) groups excluding carboxylic acids is 1. The van der Waals surface area contributed by atoms with Crippen LogP contribution in [0.1, 0.15) is 45.4 Å². The van der Waals surface area contributed by atoms with Gasteiger partial charge in [-0.1, -0.05) is 13.3 Å². The molecule has 20 heavy (non-hydrogen) atoms. The van der Waals surface area contributed by atoms with Gasteiger partial charge in [0.2, 0.25) is 5.91 Å². The molecule has 3 saturated heterocycles. The first-order valence-electron chi connectivity index (χ1n) is 7.85. The third-order valence-electron chi connectivity index (χ3n) is 5.51. The minimum atomic E-state index is -0.732. The molecule has 0 spiro atoms. The zero-order valence-electron chi connectivity index (χ0n) is 12.1. The Labute approximate surface area is 119 Å². The fourth-order valence-electron chi connectivity index (χ4n) is 4.57. The maximum Gasteiger partial charge on any atom is 0.308 e. The Bertz CT molecular complexity index is 417. The van der Waals surface area contributed by atoms with Crippen molar-refractivity contribution < 1.29 is 14.7 Å². The zero-order chi connectivity index (χ0) is 14.3. The molecule has 0 aromatic carbocycles. The van der Waals surface area contributed by atoms with Crippen molar-refractivity contribution in [2.45, 2.75) is 57.5 Å². The standard InChI is InChI=1S/C15H24N2O3/c1-2-5-15(6-7-16-9-15)14(20)17-10-3-4-12(17)11(8-10)13(18)19/h10-12,16H,2-9H2,1H3,(H,18,19). The monoisotopic (exact) mass is 280 g/mol. The number of carbonyl (C=O) groups is 2. The van der Waals surface area contributed by atoms with Crippen LogP contribution in [-0.2, 0) is 9.59 Å². The third-order valence-corrected chi connectivity index (χ3v) is 5.51. The summed E-state index contributed by atoms with van der Waals surface area (Å²) in [5.41, 5.74) is -0.275. The lowest BCUT2D eigenvalue weighted by atomic mass is 9.81. The first kappa shape index (κ1) is 13.9. The molecular weight excluding hydrogens is 256 g/mol. The van der Waals surface area contributed by atoms with Crippen LogP contribution in [0, 0.1) is 11.3 Å². The highest BCUT2D eigenvalue weighted by Gasteiger charge is 2.55. The molecule has 3 aliphatic heterocycles. The molecule has 3 heterocycles. The maximum absolute atomic E-state index is 13.1. The number of hydrogen-bond donors (Lipinski definition) is 2. The summed E-state index contributed by atoms with van der Waals surface area (Å²) in [4.78, 5) is 26.4. The van der Waals surface area contributed by atoms with E-state index in [4.69, 9.17) is 0 Å². The predicted octanol–water partition coefficient (Wildman–Crippen LogP) is 1.23. The van der Waals surface area contributed by atoms with Gasteiger partial charge in [0.25, 0.3) is 0 Å². The first-order valence-corrected chi connectivity index (χ1v) is 7.85. The number of amides is 1. The van der Waals surface area contributed by atoms with Crippen LogP contribution in [0.15, 0.2) is 0 Å². The van der Waals surface area contributed by atoms with Gasteiger partial charge in [-0.2, -0.15) is 0 Å². The van der Waals surface area contributed by atoms with E-state index < -0.39 is 5.97 Å². The van der Waals surface area contributed by atoms with Crippen molar-refractivity contribution >= 4 is 11.9 Å². The molecule has 3 aliphatic rings. The van der Waals surface area contributed by atoms with Gasteiger partial charge in [0.05, 0.1) is 11.3 Å². The summed E-state index contributed by atoms with van der Waals surface area (Å²) in [5.74, 6) is -0.851. The van der Waals surface area contributed by atoms with Gasteiger partial charge in [-0.15, -0.1) is 0 Å². The molecule has 4 unspecified atom stereocenters. The zero-order valence-corrected chi connectivity index (χ0v) is 12.1. The Morgan fingerprint density at radius 3 is 2.75 bits per heavy atom. The Morgan fingerprint density at radius 1 is 1.40 bits per heavy atom. The summed E-state index contributed by atoms with van der Waals surface area (Å²) in [5, 5.41) is 12.6. The normalized spacial score (nSPS) is 39.5. The molecule has 0 aromatic heterocycles. The molecule has 4 atom stereocenters. The van der Waals surface area contributed by atoms with Crippen LogP contribution in [0.2, 0.25) is 0 Å². The van der Waals surface area contributed by atoms with Gasteiger partial charge in [-0.3, -0.25) is 9.59 Å². The highest BCUT2D eigenvalue weighted by atomic mass is 16.4. The second-order valence-corrected chi connectivity index (χ2v) is 6.65. The smallest absolute Gasteiger partial charge is 0.308 e. The average Bonchev–Trinajstić information content (AvgIpc) is 3.12. The van der Waals surface area contributed by atoms with Gasteiger partial charge in [-0.05, 0) is 38.6 Å². The van der Waals surface area contributed by atoms with Gasteiger partial charge < -0.3 is 15.3 Å². The molecule has 5 nitrogen and oxygen atoms in total. The summed E-state index contributed by atoms with van der Waals surface area (Å²) in [6.45, 7) is 3.77. The topological polar surface area (TPSA) is 69.6 Å². The number of nitrogens with one attached hydrogen (secondary N) is 1. The van der Waals surface area contributed by atoms with Gasteiger partial charge in [0.15, 0.2) is 0 Å². The van der Waals surface area contributed by atoms with E-state index in [1.807, 2.05) is 4.90 Å². The van der Waals surface area contributed by atoms with Crippen LogP contribution in [-0.4, -0.2) is 47.1 Å². The molecule has 0 aliphatic carbocycles.